The molecule has 2 amide bonds. The van der Waals surface area contributed by atoms with E-state index in [1.54, 1.807) is 49.4 Å². The molecule has 0 aliphatic rings. The average Bonchev–Trinajstić information content (AvgIpc) is 2.94. The minimum Gasteiger partial charge on any atom is -0.497 e. The van der Waals surface area contributed by atoms with E-state index < -0.39 is 28.5 Å². The van der Waals surface area contributed by atoms with Crippen molar-refractivity contribution < 1.29 is 22.7 Å². The monoisotopic (exact) mass is 615 g/mol. The molecular formula is C29H34BrN3O5S. The molecule has 3 aromatic carbocycles. The highest BCUT2D eigenvalue weighted by Gasteiger charge is 2.32. The Morgan fingerprint density at radius 1 is 0.974 bits per heavy atom. The third kappa shape index (κ3) is 7.83. The second-order valence-corrected chi connectivity index (χ2v) is 11.9. The molecular weight excluding hydrogens is 582 g/mol. The van der Waals surface area contributed by atoms with Gasteiger partial charge in [0, 0.05) is 17.1 Å². The zero-order valence-corrected chi connectivity index (χ0v) is 24.9. The van der Waals surface area contributed by atoms with E-state index in [0.29, 0.717) is 11.4 Å². The number of sulfonamides is 1. The first kappa shape index (κ1) is 30.2. The Balaban J connectivity index is 2.02. The van der Waals surface area contributed by atoms with E-state index in [2.05, 4.69) is 21.2 Å². The lowest BCUT2D eigenvalue weighted by Gasteiger charge is -2.32. The number of rotatable bonds is 12. The van der Waals surface area contributed by atoms with Gasteiger partial charge in [-0.15, -0.1) is 0 Å². The number of nitrogens with one attached hydrogen (secondary N) is 1. The van der Waals surface area contributed by atoms with Crippen LogP contribution in [0.4, 0.5) is 5.69 Å². The van der Waals surface area contributed by atoms with Gasteiger partial charge in [-0.2, -0.15) is 0 Å². The van der Waals surface area contributed by atoms with Gasteiger partial charge in [-0.05, 0) is 74.4 Å². The van der Waals surface area contributed by atoms with Crippen molar-refractivity contribution in [3.05, 3.63) is 88.9 Å². The molecule has 3 rings (SSSR count). The summed E-state index contributed by atoms with van der Waals surface area (Å²) in [7, 11) is -2.60. The van der Waals surface area contributed by atoms with E-state index in [1.807, 2.05) is 38.1 Å². The van der Waals surface area contributed by atoms with Crippen LogP contribution < -0.4 is 14.4 Å². The summed E-state index contributed by atoms with van der Waals surface area (Å²) >= 11 is 3.45. The molecule has 2 atom stereocenters. The summed E-state index contributed by atoms with van der Waals surface area (Å²) in [6.07, 6.45) is 0.735. The number of methoxy groups -OCH3 is 1. The summed E-state index contributed by atoms with van der Waals surface area (Å²) < 4.78 is 34.7. The molecule has 10 heteroatoms. The Labute approximate surface area is 239 Å². The lowest BCUT2D eigenvalue weighted by molar-refractivity contribution is -0.139. The molecule has 0 aliphatic carbocycles. The molecule has 0 unspecified atom stereocenters. The van der Waals surface area contributed by atoms with Gasteiger partial charge in [-0.1, -0.05) is 53.2 Å². The van der Waals surface area contributed by atoms with Crippen molar-refractivity contribution in [2.45, 2.75) is 50.7 Å². The fraction of sp³-hybridized carbons (Fsp3) is 0.310. The molecule has 39 heavy (non-hydrogen) atoms. The maximum atomic E-state index is 13.9. The summed E-state index contributed by atoms with van der Waals surface area (Å²) in [5, 5.41) is 2.93. The van der Waals surface area contributed by atoms with Crippen molar-refractivity contribution >= 4 is 43.5 Å². The zero-order valence-electron chi connectivity index (χ0n) is 22.5. The van der Waals surface area contributed by atoms with Crippen molar-refractivity contribution in [2.75, 3.05) is 18.0 Å². The first-order chi connectivity index (χ1) is 18.6. The number of carbonyl (C=O) groups excluding carboxylic acids is 2. The predicted octanol–water partition coefficient (Wildman–Crippen LogP) is 4.99. The Bertz CT molecular complexity index is 1370. The second kappa shape index (κ2) is 13.6. The van der Waals surface area contributed by atoms with Gasteiger partial charge < -0.3 is 15.0 Å². The predicted molar refractivity (Wildman–Crippen MR) is 156 cm³/mol. The molecule has 0 spiro atoms. The first-order valence-electron chi connectivity index (χ1n) is 12.6. The van der Waals surface area contributed by atoms with Crippen molar-refractivity contribution in [3.8, 4) is 5.75 Å². The zero-order chi connectivity index (χ0) is 28.6. The van der Waals surface area contributed by atoms with Gasteiger partial charge in [0.15, 0.2) is 0 Å². The van der Waals surface area contributed by atoms with Crippen molar-refractivity contribution in [1.29, 1.82) is 0 Å². The number of anilines is 1. The molecule has 0 saturated heterocycles. The third-order valence-corrected chi connectivity index (χ3v) is 8.66. The lowest BCUT2D eigenvalue weighted by atomic mass is 10.1. The molecule has 0 aliphatic heterocycles. The van der Waals surface area contributed by atoms with Crippen molar-refractivity contribution in [2.24, 2.45) is 0 Å². The Morgan fingerprint density at radius 3 is 2.23 bits per heavy atom. The summed E-state index contributed by atoms with van der Waals surface area (Å²) in [5.74, 6) is -0.277. The summed E-state index contributed by atoms with van der Waals surface area (Å²) in [4.78, 5) is 28.5. The highest BCUT2D eigenvalue weighted by Crippen LogP contribution is 2.26. The summed E-state index contributed by atoms with van der Waals surface area (Å²) in [6, 6.07) is 20.9. The van der Waals surface area contributed by atoms with Crippen LogP contribution in [-0.2, 0) is 26.2 Å². The van der Waals surface area contributed by atoms with Crippen molar-refractivity contribution in [3.63, 3.8) is 0 Å². The van der Waals surface area contributed by atoms with Crippen LogP contribution >= 0.6 is 15.9 Å². The lowest BCUT2D eigenvalue weighted by Crippen LogP contribution is -2.52. The largest absolute Gasteiger partial charge is 0.497 e. The van der Waals surface area contributed by atoms with Crippen LogP contribution in [0, 0.1) is 0 Å². The fourth-order valence-electron chi connectivity index (χ4n) is 3.88. The number of ether oxygens (including phenoxy) is 1. The van der Waals surface area contributed by atoms with Gasteiger partial charge in [0.2, 0.25) is 11.8 Å². The molecule has 3 aromatic rings. The van der Waals surface area contributed by atoms with Crippen LogP contribution in [0.2, 0.25) is 0 Å². The van der Waals surface area contributed by atoms with Crippen LogP contribution in [-0.4, -0.2) is 50.9 Å². The molecule has 0 heterocycles. The van der Waals surface area contributed by atoms with E-state index in [-0.39, 0.29) is 23.4 Å². The van der Waals surface area contributed by atoms with E-state index in [1.165, 1.54) is 24.1 Å². The summed E-state index contributed by atoms with van der Waals surface area (Å²) in [5.41, 5.74) is 1.09. The minimum absolute atomic E-state index is 0.0507. The highest BCUT2D eigenvalue weighted by molar-refractivity contribution is 9.10. The highest BCUT2D eigenvalue weighted by atomic mass is 79.9. The van der Waals surface area contributed by atoms with Gasteiger partial charge >= 0.3 is 0 Å². The van der Waals surface area contributed by atoms with E-state index in [0.717, 1.165) is 20.8 Å². The molecule has 0 saturated carbocycles. The van der Waals surface area contributed by atoms with Crippen LogP contribution in [0.15, 0.2) is 88.2 Å². The van der Waals surface area contributed by atoms with Crippen LogP contribution in [0.1, 0.15) is 32.8 Å². The Hall–Kier alpha value is -3.37. The van der Waals surface area contributed by atoms with Gasteiger partial charge in [-0.25, -0.2) is 8.42 Å². The van der Waals surface area contributed by atoms with Gasteiger partial charge in [0.25, 0.3) is 10.0 Å². The van der Waals surface area contributed by atoms with E-state index >= 15 is 0 Å². The molecule has 0 aromatic heterocycles. The Morgan fingerprint density at radius 2 is 1.64 bits per heavy atom. The number of amides is 2. The number of nitrogens with zero attached hydrogens (tertiary/aromatic N) is 2. The maximum Gasteiger partial charge on any atom is 0.264 e. The molecule has 1 N–H and O–H groups in total. The third-order valence-electron chi connectivity index (χ3n) is 6.38. The second-order valence-electron chi connectivity index (χ2n) is 9.17. The number of halogens is 1. The summed E-state index contributed by atoms with van der Waals surface area (Å²) in [6.45, 7) is 5.12. The van der Waals surface area contributed by atoms with Gasteiger partial charge in [0.05, 0.1) is 17.7 Å². The van der Waals surface area contributed by atoms with Crippen LogP contribution in [0.3, 0.4) is 0 Å². The molecule has 208 valence electrons. The van der Waals surface area contributed by atoms with Gasteiger partial charge in [0.1, 0.15) is 18.3 Å². The number of benzene rings is 3. The van der Waals surface area contributed by atoms with Crippen molar-refractivity contribution in [1.82, 2.24) is 10.2 Å². The topological polar surface area (TPSA) is 96.0 Å². The molecule has 8 nitrogen and oxygen atoms in total. The van der Waals surface area contributed by atoms with Gasteiger partial charge in [-0.3, -0.25) is 13.9 Å². The number of hydrogen-bond donors (Lipinski definition) is 1. The molecule has 0 fully saturated rings. The average molecular weight is 617 g/mol. The normalized spacial score (nSPS) is 12.7. The standard InChI is InChI=1S/C29H34BrN3O5S/c1-5-21(2)31-29(35)22(3)32(19-23-10-9-11-24(30)18-23)28(34)20-33(25-14-16-26(38-4)17-15-25)39(36,37)27-12-7-6-8-13-27/h6-18,21-22H,5,19-20H2,1-4H3,(H,31,35)/t21-,22+/m0/s1. The van der Waals surface area contributed by atoms with E-state index in [4.69, 9.17) is 4.74 Å². The quantitative estimate of drug-likeness (QED) is 0.310. The smallest absolute Gasteiger partial charge is 0.264 e. The molecule has 0 bridgehead atoms. The first-order valence-corrected chi connectivity index (χ1v) is 14.9. The molecule has 0 radical (unpaired) electrons. The number of carbonyl (C=O) groups is 2. The van der Waals surface area contributed by atoms with Crippen LogP contribution in [0.5, 0.6) is 5.75 Å². The Kier molecular flexibility index (Phi) is 10.5. The fourth-order valence-corrected chi connectivity index (χ4v) is 5.76. The maximum absolute atomic E-state index is 13.9. The van der Waals surface area contributed by atoms with Crippen LogP contribution in [0.25, 0.3) is 0 Å². The SMILES string of the molecule is CC[C@H](C)NC(=O)[C@@H](C)N(Cc1cccc(Br)c1)C(=O)CN(c1ccc(OC)cc1)S(=O)(=O)c1ccccc1. The minimum atomic E-state index is -4.11. The number of hydrogen-bond acceptors (Lipinski definition) is 5. The van der Waals surface area contributed by atoms with E-state index in [9.17, 15) is 18.0 Å².